The molecular weight excluding hydrogens is 290 g/mol. The summed E-state index contributed by atoms with van der Waals surface area (Å²) in [6.07, 6.45) is 0.738. The van der Waals surface area contributed by atoms with Crippen LogP contribution in [0.4, 0.5) is 0 Å². The van der Waals surface area contributed by atoms with Crippen LogP contribution in [0.5, 0.6) is 5.75 Å². The Labute approximate surface area is 134 Å². The standard InChI is InChI=1S/C18H19N3O2/c1-13-8-9-16-15(12-13)17(21-20-16)18(22)19-10-5-11-23-14-6-3-2-4-7-14/h2-4,6-9,12H,5,10-11H2,1H3,(H,19,22)(H,20,21). The molecule has 0 spiro atoms. The molecule has 3 aromatic rings. The Morgan fingerprint density at radius 1 is 1.22 bits per heavy atom. The Morgan fingerprint density at radius 2 is 2.04 bits per heavy atom. The maximum atomic E-state index is 12.2. The van der Waals surface area contributed by atoms with Gasteiger partial charge >= 0.3 is 0 Å². The Balaban J connectivity index is 1.50. The lowest BCUT2D eigenvalue weighted by molar-refractivity contribution is 0.0948. The van der Waals surface area contributed by atoms with Crippen molar-refractivity contribution in [1.29, 1.82) is 0 Å². The lowest BCUT2D eigenvalue weighted by atomic mass is 10.1. The highest BCUT2D eigenvalue weighted by molar-refractivity contribution is 6.04. The Hall–Kier alpha value is -2.82. The number of H-pyrrole nitrogens is 1. The predicted octanol–water partition coefficient (Wildman–Crippen LogP) is 3.07. The molecule has 3 rings (SSSR count). The highest BCUT2D eigenvalue weighted by Gasteiger charge is 2.13. The average Bonchev–Trinajstić information content (AvgIpc) is 2.98. The monoisotopic (exact) mass is 309 g/mol. The number of nitrogens with one attached hydrogen (secondary N) is 2. The Bertz CT molecular complexity index is 796. The molecular formula is C18H19N3O2. The normalized spacial score (nSPS) is 10.7. The number of aromatic nitrogens is 2. The Morgan fingerprint density at radius 3 is 2.87 bits per heavy atom. The topological polar surface area (TPSA) is 67.0 Å². The van der Waals surface area contributed by atoms with Crippen molar-refractivity contribution in [2.24, 2.45) is 0 Å². The van der Waals surface area contributed by atoms with Crippen molar-refractivity contribution in [3.05, 3.63) is 59.8 Å². The molecule has 0 saturated carbocycles. The van der Waals surface area contributed by atoms with Crippen molar-refractivity contribution in [3.63, 3.8) is 0 Å². The number of amides is 1. The summed E-state index contributed by atoms with van der Waals surface area (Å²) in [4.78, 5) is 12.2. The fraction of sp³-hybridized carbons (Fsp3) is 0.222. The van der Waals surface area contributed by atoms with Crippen LogP contribution < -0.4 is 10.1 Å². The highest BCUT2D eigenvalue weighted by atomic mass is 16.5. The molecule has 0 bridgehead atoms. The molecule has 0 aliphatic rings. The fourth-order valence-electron chi connectivity index (χ4n) is 2.37. The number of rotatable bonds is 6. The summed E-state index contributed by atoms with van der Waals surface area (Å²) in [6, 6.07) is 15.5. The van der Waals surface area contributed by atoms with Gasteiger partial charge in [0.2, 0.25) is 0 Å². The first kappa shape index (κ1) is 15.1. The summed E-state index contributed by atoms with van der Waals surface area (Å²) in [5.41, 5.74) is 2.41. The number of para-hydroxylation sites is 1. The van der Waals surface area contributed by atoms with E-state index in [1.165, 1.54) is 0 Å². The van der Waals surface area contributed by atoms with Gasteiger partial charge < -0.3 is 10.1 Å². The van der Waals surface area contributed by atoms with Gasteiger partial charge in [-0.1, -0.05) is 29.8 Å². The van der Waals surface area contributed by atoms with Crippen molar-refractivity contribution in [2.45, 2.75) is 13.3 Å². The van der Waals surface area contributed by atoms with Crippen molar-refractivity contribution < 1.29 is 9.53 Å². The van der Waals surface area contributed by atoms with Crippen molar-refractivity contribution in [2.75, 3.05) is 13.2 Å². The lowest BCUT2D eigenvalue weighted by Crippen LogP contribution is -2.26. The van der Waals surface area contributed by atoms with E-state index in [4.69, 9.17) is 4.74 Å². The third-order valence-corrected chi connectivity index (χ3v) is 3.55. The molecule has 0 aliphatic carbocycles. The smallest absolute Gasteiger partial charge is 0.272 e. The van der Waals surface area contributed by atoms with Gasteiger partial charge in [0.05, 0.1) is 12.1 Å². The maximum Gasteiger partial charge on any atom is 0.272 e. The zero-order valence-electron chi connectivity index (χ0n) is 13.0. The summed E-state index contributed by atoms with van der Waals surface area (Å²) >= 11 is 0. The van der Waals surface area contributed by atoms with Gasteiger partial charge in [0.25, 0.3) is 5.91 Å². The van der Waals surface area contributed by atoms with E-state index in [-0.39, 0.29) is 5.91 Å². The number of benzene rings is 2. The molecule has 2 N–H and O–H groups in total. The summed E-state index contributed by atoms with van der Waals surface area (Å²) in [5.74, 6) is 0.675. The van der Waals surface area contributed by atoms with Crippen LogP contribution in [0.25, 0.3) is 10.9 Å². The molecule has 0 unspecified atom stereocenters. The summed E-state index contributed by atoms with van der Waals surface area (Å²) in [5, 5.41) is 10.7. The van der Waals surface area contributed by atoms with Gasteiger partial charge in [-0.3, -0.25) is 9.89 Å². The molecule has 0 saturated heterocycles. The van der Waals surface area contributed by atoms with Crippen LogP contribution in [-0.2, 0) is 0 Å². The van der Waals surface area contributed by atoms with E-state index in [1.807, 2.05) is 55.5 Å². The minimum Gasteiger partial charge on any atom is -0.494 e. The first-order valence-corrected chi connectivity index (χ1v) is 7.65. The second-order valence-corrected chi connectivity index (χ2v) is 5.39. The second-order valence-electron chi connectivity index (χ2n) is 5.39. The van der Waals surface area contributed by atoms with Crippen molar-refractivity contribution in [3.8, 4) is 5.75 Å². The Kier molecular flexibility index (Phi) is 4.57. The third kappa shape index (κ3) is 3.69. The summed E-state index contributed by atoms with van der Waals surface area (Å²) in [7, 11) is 0. The SMILES string of the molecule is Cc1ccc2[nH]nc(C(=O)NCCCOc3ccccc3)c2c1. The van der Waals surface area contributed by atoms with Crippen LogP contribution in [0.15, 0.2) is 48.5 Å². The minimum atomic E-state index is -0.165. The molecule has 0 radical (unpaired) electrons. The van der Waals surface area contributed by atoms with Gasteiger partial charge in [0.1, 0.15) is 5.75 Å². The van der Waals surface area contributed by atoms with E-state index < -0.39 is 0 Å². The highest BCUT2D eigenvalue weighted by Crippen LogP contribution is 2.17. The van der Waals surface area contributed by atoms with Crippen LogP contribution in [0.2, 0.25) is 0 Å². The summed E-state index contributed by atoms with van der Waals surface area (Å²) in [6.45, 7) is 3.10. The molecule has 1 aromatic heterocycles. The van der Waals surface area contributed by atoms with E-state index in [0.717, 1.165) is 28.6 Å². The van der Waals surface area contributed by atoms with Crippen molar-refractivity contribution >= 4 is 16.8 Å². The van der Waals surface area contributed by atoms with Gasteiger partial charge in [-0.15, -0.1) is 0 Å². The van der Waals surface area contributed by atoms with Crippen LogP contribution in [0.1, 0.15) is 22.5 Å². The number of aryl methyl sites for hydroxylation is 1. The quantitative estimate of drug-likeness (QED) is 0.688. The van der Waals surface area contributed by atoms with Crippen LogP contribution in [0.3, 0.4) is 0 Å². The largest absolute Gasteiger partial charge is 0.494 e. The molecule has 0 aliphatic heterocycles. The number of nitrogens with zero attached hydrogens (tertiary/aromatic N) is 1. The molecule has 0 atom stereocenters. The molecule has 1 amide bonds. The van der Waals surface area contributed by atoms with E-state index in [9.17, 15) is 4.79 Å². The van der Waals surface area contributed by atoms with Crippen LogP contribution >= 0.6 is 0 Å². The number of carbonyl (C=O) groups excluding carboxylic acids is 1. The molecule has 5 nitrogen and oxygen atoms in total. The van der Waals surface area contributed by atoms with Crippen LogP contribution in [-0.4, -0.2) is 29.3 Å². The molecule has 2 aromatic carbocycles. The zero-order valence-corrected chi connectivity index (χ0v) is 13.0. The van der Waals surface area contributed by atoms with E-state index in [1.54, 1.807) is 0 Å². The van der Waals surface area contributed by atoms with Gasteiger partial charge in [0.15, 0.2) is 5.69 Å². The first-order chi connectivity index (χ1) is 11.2. The van der Waals surface area contributed by atoms with Gasteiger partial charge in [0, 0.05) is 11.9 Å². The van der Waals surface area contributed by atoms with E-state index >= 15 is 0 Å². The fourth-order valence-corrected chi connectivity index (χ4v) is 2.37. The average molecular weight is 309 g/mol. The zero-order chi connectivity index (χ0) is 16.1. The predicted molar refractivity (Wildman–Crippen MR) is 89.7 cm³/mol. The third-order valence-electron chi connectivity index (χ3n) is 3.55. The summed E-state index contributed by atoms with van der Waals surface area (Å²) < 4.78 is 5.59. The number of fused-ring (bicyclic) bond motifs is 1. The molecule has 23 heavy (non-hydrogen) atoms. The van der Waals surface area contributed by atoms with Gasteiger partial charge in [-0.2, -0.15) is 5.10 Å². The first-order valence-electron chi connectivity index (χ1n) is 7.65. The van der Waals surface area contributed by atoms with Crippen LogP contribution in [0, 0.1) is 6.92 Å². The number of hydrogen-bond donors (Lipinski definition) is 2. The van der Waals surface area contributed by atoms with E-state index in [0.29, 0.717) is 18.8 Å². The minimum absolute atomic E-state index is 0.165. The van der Waals surface area contributed by atoms with Gasteiger partial charge in [-0.25, -0.2) is 0 Å². The van der Waals surface area contributed by atoms with Crippen molar-refractivity contribution in [1.82, 2.24) is 15.5 Å². The molecule has 1 heterocycles. The lowest BCUT2D eigenvalue weighted by Gasteiger charge is -2.06. The molecule has 118 valence electrons. The van der Waals surface area contributed by atoms with Gasteiger partial charge in [-0.05, 0) is 37.6 Å². The molecule has 5 heteroatoms. The number of ether oxygens (including phenoxy) is 1. The van der Waals surface area contributed by atoms with E-state index in [2.05, 4.69) is 15.5 Å². The second kappa shape index (κ2) is 6.96. The molecule has 0 fully saturated rings. The maximum absolute atomic E-state index is 12.2. The number of hydrogen-bond acceptors (Lipinski definition) is 3. The number of aromatic amines is 1. The number of carbonyl (C=O) groups is 1.